The normalized spacial score (nSPS) is 13.5. The SMILES string of the molecule is O=C1CCCN1CN(C(=O)c1ccc(-c2ccccc2)cc1)c1ccc(F)c(Cl)c1. The van der Waals surface area contributed by atoms with E-state index in [2.05, 4.69) is 0 Å². The highest BCUT2D eigenvalue weighted by Gasteiger charge is 2.26. The van der Waals surface area contributed by atoms with Crippen LogP contribution in [0.25, 0.3) is 11.1 Å². The average molecular weight is 423 g/mol. The lowest BCUT2D eigenvalue weighted by Gasteiger charge is -2.28. The van der Waals surface area contributed by atoms with Gasteiger partial charge in [-0.15, -0.1) is 0 Å². The first-order chi connectivity index (χ1) is 14.5. The van der Waals surface area contributed by atoms with E-state index in [1.165, 1.54) is 23.1 Å². The summed E-state index contributed by atoms with van der Waals surface area (Å²) in [4.78, 5) is 28.6. The Morgan fingerprint density at radius 2 is 1.70 bits per heavy atom. The molecule has 0 aromatic heterocycles. The zero-order chi connectivity index (χ0) is 21.1. The lowest BCUT2D eigenvalue weighted by atomic mass is 10.0. The van der Waals surface area contributed by atoms with Crippen LogP contribution in [-0.2, 0) is 4.79 Å². The minimum atomic E-state index is -0.558. The summed E-state index contributed by atoms with van der Waals surface area (Å²) in [5, 5.41) is -0.0718. The number of anilines is 1. The third-order valence-electron chi connectivity index (χ3n) is 5.18. The molecule has 0 aliphatic carbocycles. The summed E-state index contributed by atoms with van der Waals surface area (Å²) in [5.41, 5.74) is 2.97. The molecule has 6 heteroatoms. The summed E-state index contributed by atoms with van der Waals surface area (Å²) in [5.74, 6) is -0.838. The Morgan fingerprint density at radius 3 is 2.33 bits per heavy atom. The van der Waals surface area contributed by atoms with Crippen molar-refractivity contribution < 1.29 is 14.0 Å². The van der Waals surface area contributed by atoms with E-state index in [-0.39, 0.29) is 23.5 Å². The molecule has 1 fully saturated rings. The molecule has 4 rings (SSSR count). The number of benzene rings is 3. The van der Waals surface area contributed by atoms with Crippen molar-refractivity contribution in [3.63, 3.8) is 0 Å². The number of amides is 2. The molecular weight excluding hydrogens is 403 g/mol. The lowest BCUT2D eigenvalue weighted by molar-refractivity contribution is -0.127. The molecule has 2 amide bonds. The van der Waals surface area contributed by atoms with Crippen LogP contribution in [0.1, 0.15) is 23.2 Å². The Hall–Kier alpha value is -3.18. The van der Waals surface area contributed by atoms with Gasteiger partial charge in [0.1, 0.15) is 12.5 Å². The van der Waals surface area contributed by atoms with Crippen molar-refractivity contribution in [3.05, 3.63) is 89.2 Å². The fraction of sp³-hybridized carbons (Fsp3) is 0.167. The topological polar surface area (TPSA) is 40.6 Å². The van der Waals surface area contributed by atoms with Gasteiger partial charge in [-0.05, 0) is 47.9 Å². The molecule has 1 aliphatic rings. The van der Waals surface area contributed by atoms with Gasteiger partial charge in [0.2, 0.25) is 5.91 Å². The van der Waals surface area contributed by atoms with E-state index in [9.17, 15) is 14.0 Å². The van der Waals surface area contributed by atoms with Gasteiger partial charge in [-0.2, -0.15) is 0 Å². The Labute approximate surface area is 179 Å². The second-order valence-corrected chi connectivity index (χ2v) is 7.58. The van der Waals surface area contributed by atoms with Crippen LogP contribution in [0.5, 0.6) is 0 Å². The molecule has 0 spiro atoms. The quantitative estimate of drug-likeness (QED) is 0.554. The Kier molecular flexibility index (Phi) is 5.81. The monoisotopic (exact) mass is 422 g/mol. The molecule has 3 aromatic rings. The van der Waals surface area contributed by atoms with Crippen LogP contribution in [0.3, 0.4) is 0 Å². The largest absolute Gasteiger partial charge is 0.324 e. The molecule has 3 aromatic carbocycles. The van der Waals surface area contributed by atoms with Gasteiger partial charge < -0.3 is 4.90 Å². The van der Waals surface area contributed by atoms with Crippen LogP contribution in [0.15, 0.2) is 72.8 Å². The molecule has 30 heavy (non-hydrogen) atoms. The number of hydrogen-bond acceptors (Lipinski definition) is 2. The number of halogens is 2. The fourth-order valence-corrected chi connectivity index (χ4v) is 3.71. The van der Waals surface area contributed by atoms with Gasteiger partial charge in [-0.25, -0.2) is 4.39 Å². The number of carbonyl (C=O) groups is 2. The van der Waals surface area contributed by atoms with Crippen LogP contribution < -0.4 is 4.90 Å². The van der Waals surface area contributed by atoms with Crippen LogP contribution >= 0.6 is 11.6 Å². The summed E-state index contributed by atoms with van der Waals surface area (Å²) >= 11 is 5.95. The molecular formula is C24H20ClFN2O2. The van der Waals surface area contributed by atoms with Gasteiger partial charge in [0.05, 0.1) is 5.02 Å². The number of rotatable bonds is 5. The lowest BCUT2D eigenvalue weighted by Crippen LogP contribution is -2.42. The van der Waals surface area contributed by atoms with Gasteiger partial charge in [-0.3, -0.25) is 14.5 Å². The summed E-state index contributed by atoms with van der Waals surface area (Å²) in [6.07, 6.45) is 1.23. The van der Waals surface area contributed by atoms with Crippen molar-refractivity contribution >= 4 is 29.1 Å². The summed E-state index contributed by atoms with van der Waals surface area (Å²) < 4.78 is 13.7. The van der Waals surface area contributed by atoms with E-state index >= 15 is 0 Å². The third-order valence-corrected chi connectivity index (χ3v) is 5.47. The molecule has 1 saturated heterocycles. The Morgan fingerprint density at radius 1 is 1.00 bits per heavy atom. The maximum absolute atomic E-state index is 13.7. The van der Waals surface area contributed by atoms with E-state index in [0.29, 0.717) is 24.2 Å². The van der Waals surface area contributed by atoms with E-state index < -0.39 is 5.82 Å². The van der Waals surface area contributed by atoms with Crippen molar-refractivity contribution in [2.24, 2.45) is 0 Å². The van der Waals surface area contributed by atoms with Crippen molar-refractivity contribution in [3.8, 4) is 11.1 Å². The molecule has 0 saturated carbocycles. The summed E-state index contributed by atoms with van der Waals surface area (Å²) in [7, 11) is 0. The first-order valence-corrected chi connectivity index (χ1v) is 10.1. The van der Waals surface area contributed by atoms with Crippen molar-refractivity contribution in [2.45, 2.75) is 12.8 Å². The highest BCUT2D eigenvalue weighted by atomic mass is 35.5. The first kappa shape index (κ1) is 20.1. The van der Waals surface area contributed by atoms with Gasteiger partial charge in [0.25, 0.3) is 5.91 Å². The maximum Gasteiger partial charge on any atom is 0.259 e. The Bertz CT molecular complexity index is 1070. The summed E-state index contributed by atoms with van der Waals surface area (Å²) in [6, 6.07) is 21.3. The van der Waals surface area contributed by atoms with E-state index in [4.69, 9.17) is 11.6 Å². The zero-order valence-corrected chi connectivity index (χ0v) is 17.0. The standard InChI is InChI=1S/C24H20ClFN2O2/c25-21-15-20(12-13-22(21)26)28(16-27-14-4-7-23(27)29)24(30)19-10-8-18(9-11-19)17-5-2-1-3-6-17/h1-3,5-6,8-13,15H,4,7,14,16H2. The maximum atomic E-state index is 13.7. The third kappa shape index (κ3) is 4.21. The van der Waals surface area contributed by atoms with E-state index in [0.717, 1.165) is 17.5 Å². The van der Waals surface area contributed by atoms with Crippen LogP contribution in [0, 0.1) is 5.82 Å². The van der Waals surface area contributed by atoms with Gasteiger partial charge in [0.15, 0.2) is 0 Å². The molecule has 1 aliphatic heterocycles. The van der Waals surface area contributed by atoms with E-state index in [1.807, 2.05) is 42.5 Å². The molecule has 0 unspecified atom stereocenters. The number of likely N-dealkylation sites (tertiary alicyclic amines) is 1. The molecule has 1 heterocycles. The molecule has 0 radical (unpaired) electrons. The van der Waals surface area contributed by atoms with E-state index in [1.54, 1.807) is 17.0 Å². The molecule has 0 bridgehead atoms. The van der Waals surface area contributed by atoms with Crippen molar-refractivity contribution in [1.82, 2.24) is 4.90 Å². The highest BCUT2D eigenvalue weighted by molar-refractivity contribution is 6.31. The smallest absolute Gasteiger partial charge is 0.259 e. The predicted molar refractivity (Wildman–Crippen MR) is 116 cm³/mol. The molecule has 0 atom stereocenters. The highest BCUT2D eigenvalue weighted by Crippen LogP contribution is 2.26. The first-order valence-electron chi connectivity index (χ1n) is 9.73. The Balaban J connectivity index is 1.64. The molecule has 152 valence electrons. The van der Waals surface area contributed by atoms with Crippen LogP contribution in [0.2, 0.25) is 5.02 Å². The van der Waals surface area contributed by atoms with Crippen molar-refractivity contribution in [1.29, 1.82) is 0 Å². The molecule has 0 N–H and O–H groups in total. The van der Waals surface area contributed by atoms with Crippen LogP contribution in [-0.4, -0.2) is 29.9 Å². The number of hydrogen-bond donors (Lipinski definition) is 0. The predicted octanol–water partition coefficient (Wildman–Crippen LogP) is 5.37. The minimum Gasteiger partial charge on any atom is -0.324 e. The van der Waals surface area contributed by atoms with Gasteiger partial charge >= 0.3 is 0 Å². The fourth-order valence-electron chi connectivity index (χ4n) is 3.53. The van der Waals surface area contributed by atoms with Gasteiger partial charge in [0, 0.05) is 24.2 Å². The molecule has 4 nitrogen and oxygen atoms in total. The summed E-state index contributed by atoms with van der Waals surface area (Å²) in [6.45, 7) is 0.685. The van der Waals surface area contributed by atoms with Crippen molar-refractivity contribution in [2.75, 3.05) is 18.1 Å². The number of carbonyl (C=O) groups excluding carboxylic acids is 2. The minimum absolute atomic E-state index is 0.000402. The van der Waals surface area contributed by atoms with Crippen LogP contribution in [0.4, 0.5) is 10.1 Å². The second-order valence-electron chi connectivity index (χ2n) is 7.18. The zero-order valence-electron chi connectivity index (χ0n) is 16.2. The van der Waals surface area contributed by atoms with Gasteiger partial charge in [-0.1, -0.05) is 54.1 Å². The second kappa shape index (κ2) is 8.67. The number of nitrogens with zero attached hydrogens (tertiary/aromatic N) is 2. The average Bonchev–Trinajstić information content (AvgIpc) is 3.19.